The molecule has 1 aliphatic heterocycles. The average molecular weight is 360 g/mol. The first-order valence-electron chi connectivity index (χ1n) is 8.84. The van der Waals surface area contributed by atoms with E-state index in [1.165, 1.54) is 12.1 Å². The van der Waals surface area contributed by atoms with Crippen molar-refractivity contribution in [2.24, 2.45) is 0 Å². The van der Waals surface area contributed by atoms with Gasteiger partial charge in [0.1, 0.15) is 11.4 Å². The van der Waals surface area contributed by atoms with Gasteiger partial charge >= 0.3 is 0 Å². The van der Waals surface area contributed by atoms with Gasteiger partial charge in [0, 0.05) is 38.4 Å². The Balaban J connectivity index is 1.63. The van der Waals surface area contributed by atoms with E-state index in [4.69, 9.17) is 0 Å². The van der Waals surface area contributed by atoms with Crippen LogP contribution in [0.25, 0.3) is 0 Å². The maximum Gasteiger partial charge on any atom is 0.223 e. The summed E-state index contributed by atoms with van der Waals surface area (Å²) in [4.78, 5) is 16.5. The summed E-state index contributed by atoms with van der Waals surface area (Å²) in [5, 5.41) is 15.3. The number of aromatic nitrogens is 2. The minimum absolute atomic E-state index is 0.00325. The van der Waals surface area contributed by atoms with E-state index in [2.05, 4.69) is 5.10 Å². The Hall–Kier alpha value is -2.25. The second-order valence-electron chi connectivity index (χ2n) is 7.11. The first-order valence-corrected chi connectivity index (χ1v) is 8.84. The van der Waals surface area contributed by atoms with E-state index in [-0.39, 0.29) is 18.3 Å². The molecule has 2 heterocycles. The highest BCUT2D eigenvalue weighted by atomic mass is 19.1. The molecule has 1 aliphatic rings. The molecular weight excluding hydrogens is 335 g/mol. The van der Waals surface area contributed by atoms with Crippen LogP contribution in [0, 0.1) is 5.82 Å². The number of nitrogens with zero attached hydrogens (tertiary/aromatic N) is 4. The number of aliphatic hydroxyl groups is 1. The molecule has 1 fully saturated rings. The third kappa shape index (κ3) is 4.89. The average Bonchev–Trinajstić information content (AvgIpc) is 3.04. The lowest BCUT2D eigenvalue weighted by Gasteiger charge is -2.32. The third-order valence-electron chi connectivity index (χ3n) is 4.71. The number of halogens is 1. The Kier molecular flexibility index (Phi) is 5.68. The minimum Gasteiger partial charge on any atom is -0.385 e. The van der Waals surface area contributed by atoms with Crippen molar-refractivity contribution < 1.29 is 14.3 Å². The van der Waals surface area contributed by atoms with E-state index in [0.29, 0.717) is 39.0 Å². The standard InChI is InChI=1S/C19H25FN4O2/c1-22-11-12-23(14-19(26,13-22)15-24-10-2-9-21-24)18(25)8-5-16-3-6-17(20)7-4-16/h2-4,6-7,9-10,26H,5,8,11-15H2,1H3. The highest BCUT2D eigenvalue weighted by Gasteiger charge is 2.36. The summed E-state index contributed by atoms with van der Waals surface area (Å²) in [5.41, 5.74) is -0.124. The van der Waals surface area contributed by atoms with Gasteiger partial charge in [-0.3, -0.25) is 9.48 Å². The van der Waals surface area contributed by atoms with Crippen molar-refractivity contribution in [1.29, 1.82) is 0 Å². The maximum atomic E-state index is 13.0. The molecule has 140 valence electrons. The lowest BCUT2D eigenvalue weighted by atomic mass is 10.0. The number of carbonyl (C=O) groups is 1. The van der Waals surface area contributed by atoms with Crippen LogP contribution in [0.3, 0.4) is 0 Å². The molecule has 1 saturated heterocycles. The van der Waals surface area contributed by atoms with Crippen LogP contribution in [0.5, 0.6) is 0 Å². The van der Waals surface area contributed by atoms with E-state index in [0.717, 1.165) is 5.56 Å². The number of rotatable bonds is 5. The number of hydrogen-bond acceptors (Lipinski definition) is 4. The molecule has 1 N–H and O–H groups in total. The molecule has 1 amide bonds. The fraction of sp³-hybridized carbons (Fsp3) is 0.474. The summed E-state index contributed by atoms with van der Waals surface area (Å²) >= 11 is 0. The van der Waals surface area contributed by atoms with Gasteiger partial charge in [-0.25, -0.2) is 4.39 Å². The quantitative estimate of drug-likeness (QED) is 0.869. The lowest BCUT2D eigenvalue weighted by molar-refractivity contribution is -0.134. The highest BCUT2D eigenvalue weighted by molar-refractivity contribution is 5.76. The summed E-state index contributed by atoms with van der Waals surface area (Å²) < 4.78 is 14.7. The maximum absolute atomic E-state index is 13.0. The van der Waals surface area contributed by atoms with Gasteiger partial charge in [-0.15, -0.1) is 0 Å². The first kappa shape index (κ1) is 18.5. The molecule has 0 spiro atoms. The summed E-state index contributed by atoms with van der Waals surface area (Å²) in [6.07, 6.45) is 4.38. The van der Waals surface area contributed by atoms with Crippen LogP contribution in [-0.2, 0) is 17.8 Å². The van der Waals surface area contributed by atoms with Crippen molar-refractivity contribution in [1.82, 2.24) is 19.6 Å². The Morgan fingerprint density at radius 3 is 2.73 bits per heavy atom. The van der Waals surface area contributed by atoms with Gasteiger partial charge in [-0.2, -0.15) is 5.10 Å². The van der Waals surface area contributed by atoms with Crippen molar-refractivity contribution in [2.75, 3.05) is 33.2 Å². The van der Waals surface area contributed by atoms with Crippen molar-refractivity contribution in [3.05, 3.63) is 54.1 Å². The van der Waals surface area contributed by atoms with Crippen LogP contribution >= 0.6 is 0 Å². The second-order valence-corrected chi connectivity index (χ2v) is 7.11. The fourth-order valence-corrected chi connectivity index (χ4v) is 3.43. The van der Waals surface area contributed by atoms with E-state index >= 15 is 0 Å². The molecule has 0 saturated carbocycles. The summed E-state index contributed by atoms with van der Waals surface area (Å²) in [6, 6.07) is 8.03. The summed E-state index contributed by atoms with van der Waals surface area (Å²) in [6.45, 7) is 2.39. The Morgan fingerprint density at radius 2 is 2.04 bits per heavy atom. The van der Waals surface area contributed by atoms with E-state index in [9.17, 15) is 14.3 Å². The minimum atomic E-state index is -1.05. The van der Waals surface area contributed by atoms with Crippen LogP contribution in [0.4, 0.5) is 4.39 Å². The molecule has 0 radical (unpaired) electrons. The van der Waals surface area contributed by atoms with Crippen LogP contribution in [0.15, 0.2) is 42.7 Å². The van der Waals surface area contributed by atoms with Gasteiger partial charge in [0.2, 0.25) is 5.91 Å². The largest absolute Gasteiger partial charge is 0.385 e. The molecule has 1 atom stereocenters. The lowest BCUT2D eigenvalue weighted by Crippen LogP contribution is -2.50. The second kappa shape index (κ2) is 7.97. The molecule has 2 aromatic rings. The van der Waals surface area contributed by atoms with Crippen molar-refractivity contribution in [3.8, 4) is 0 Å². The van der Waals surface area contributed by atoms with Crippen molar-refractivity contribution in [3.63, 3.8) is 0 Å². The number of likely N-dealkylation sites (N-methyl/N-ethyl adjacent to an activating group) is 1. The van der Waals surface area contributed by atoms with Gasteiger partial charge in [-0.1, -0.05) is 12.1 Å². The zero-order valence-electron chi connectivity index (χ0n) is 15.0. The van der Waals surface area contributed by atoms with Gasteiger partial charge in [0.15, 0.2) is 0 Å². The molecule has 0 aliphatic carbocycles. The molecule has 1 unspecified atom stereocenters. The van der Waals surface area contributed by atoms with E-state index < -0.39 is 5.60 Å². The number of amides is 1. The monoisotopic (exact) mass is 360 g/mol. The molecule has 0 bridgehead atoms. The van der Waals surface area contributed by atoms with Gasteiger partial charge in [-0.05, 0) is 37.2 Å². The third-order valence-corrected chi connectivity index (χ3v) is 4.71. The molecular formula is C19H25FN4O2. The number of β-amino-alcohol motifs (C(OH)–C–C–N with tert-alkyl or cyclic N) is 1. The van der Waals surface area contributed by atoms with Crippen molar-refractivity contribution in [2.45, 2.75) is 25.0 Å². The number of carbonyl (C=O) groups excluding carboxylic acids is 1. The van der Waals surface area contributed by atoms with Crippen LogP contribution in [-0.4, -0.2) is 69.4 Å². The molecule has 3 rings (SSSR count). The topological polar surface area (TPSA) is 61.6 Å². The smallest absolute Gasteiger partial charge is 0.223 e. The van der Waals surface area contributed by atoms with Crippen LogP contribution < -0.4 is 0 Å². The predicted molar refractivity (Wildman–Crippen MR) is 96.0 cm³/mol. The molecule has 1 aromatic carbocycles. The molecule has 1 aromatic heterocycles. The van der Waals surface area contributed by atoms with E-state index in [1.807, 2.05) is 24.2 Å². The zero-order valence-corrected chi connectivity index (χ0v) is 15.0. The predicted octanol–water partition coefficient (Wildman–Crippen LogP) is 1.16. The Morgan fingerprint density at radius 1 is 1.27 bits per heavy atom. The van der Waals surface area contributed by atoms with Gasteiger partial charge in [0.05, 0.1) is 13.1 Å². The summed E-state index contributed by atoms with van der Waals surface area (Å²) in [5.74, 6) is -0.275. The zero-order chi connectivity index (χ0) is 18.6. The highest BCUT2D eigenvalue weighted by Crippen LogP contribution is 2.17. The first-order chi connectivity index (χ1) is 12.4. The van der Waals surface area contributed by atoms with Gasteiger partial charge in [0.25, 0.3) is 0 Å². The molecule has 6 nitrogen and oxygen atoms in total. The van der Waals surface area contributed by atoms with Crippen molar-refractivity contribution >= 4 is 5.91 Å². The SMILES string of the molecule is CN1CCN(C(=O)CCc2ccc(F)cc2)CC(O)(Cn2cccn2)C1. The Bertz CT molecular complexity index is 720. The summed E-state index contributed by atoms with van der Waals surface area (Å²) in [7, 11) is 1.94. The Labute approximate surface area is 152 Å². The number of benzene rings is 1. The van der Waals surface area contributed by atoms with Gasteiger partial charge < -0.3 is 14.9 Å². The number of aryl methyl sites for hydroxylation is 1. The molecule has 26 heavy (non-hydrogen) atoms. The van der Waals surface area contributed by atoms with E-state index in [1.54, 1.807) is 27.9 Å². The van der Waals surface area contributed by atoms with Crippen LogP contribution in [0.2, 0.25) is 0 Å². The number of hydrogen-bond donors (Lipinski definition) is 1. The fourth-order valence-electron chi connectivity index (χ4n) is 3.43. The molecule has 7 heteroatoms. The normalized spacial score (nSPS) is 21.6. The van der Waals surface area contributed by atoms with Crippen LogP contribution in [0.1, 0.15) is 12.0 Å².